The van der Waals surface area contributed by atoms with Crippen LogP contribution >= 0.6 is 11.6 Å². The van der Waals surface area contributed by atoms with Crippen LogP contribution in [-0.2, 0) is 9.53 Å². The number of nitrogens with zero attached hydrogens (tertiary/aromatic N) is 2. The van der Waals surface area contributed by atoms with Gasteiger partial charge in [0.1, 0.15) is 11.6 Å². The zero-order valence-electron chi connectivity index (χ0n) is 15.6. The van der Waals surface area contributed by atoms with Crippen LogP contribution in [0.2, 0.25) is 5.02 Å². The van der Waals surface area contributed by atoms with E-state index >= 15 is 0 Å². The Morgan fingerprint density at radius 3 is 2.66 bits per heavy atom. The van der Waals surface area contributed by atoms with Gasteiger partial charge in [0.2, 0.25) is 0 Å². The number of hydrogen-bond acceptors (Lipinski definition) is 5. The maximum Gasteiger partial charge on any atom is 0.357 e. The number of anilines is 1. The number of carbonyl (C=O) groups excluding carboxylic acids is 2. The molecule has 7 nitrogen and oxygen atoms in total. The number of halogens is 2. The van der Waals surface area contributed by atoms with E-state index in [1.165, 1.54) is 48.5 Å². The molecule has 0 atom stereocenters. The third-order valence-corrected chi connectivity index (χ3v) is 4.45. The van der Waals surface area contributed by atoms with Gasteiger partial charge in [0.15, 0.2) is 12.3 Å². The Morgan fingerprint density at radius 1 is 1.24 bits per heavy atom. The Bertz CT molecular complexity index is 1050. The monoisotopic (exact) mass is 417 g/mol. The molecule has 0 unspecified atom stereocenters. The Morgan fingerprint density at radius 2 is 1.97 bits per heavy atom. The number of aromatic nitrogens is 2. The fourth-order valence-corrected chi connectivity index (χ4v) is 2.73. The van der Waals surface area contributed by atoms with Crippen molar-refractivity contribution in [3.05, 3.63) is 71.0 Å². The van der Waals surface area contributed by atoms with Crippen molar-refractivity contribution >= 4 is 29.2 Å². The minimum Gasteiger partial charge on any atom is -0.495 e. The van der Waals surface area contributed by atoms with E-state index in [9.17, 15) is 14.0 Å². The Balaban J connectivity index is 1.66. The van der Waals surface area contributed by atoms with Gasteiger partial charge in [0.25, 0.3) is 5.91 Å². The number of imidazole rings is 1. The van der Waals surface area contributed by atoms with Gasteiger partial charge in [-0.25, -0.2) is 14.2 Å². The van der Waals surface area contributed by atoms with Crippen LogP contribution in [0.25, 0.3) is 5.69 Å². The molecule has 0 aliphatic heterocycles. The predicted octanol–water partition coefficient (Wildman–Crippen LogP) is 3.78. The fraction of sp³-hybridized carbons (Fsp3) is 0.150. The van der Waals surface area contributed by atoms with E-state index in [1.807, 2.05) is 0 Å². The van der Waals surface area contributed by atoms with Crippen molar-refractivity contribution in [1.82, 2.24) is 9.55 Å². The van der Waals surface area contributed by atoms with E-state index in [0.29, 0.717) is 22.1 Å². The highest BCUT2D eigenvalue weighted by molar-refractivity contribution is 6.31. The second kappa shape index (κ2) is 8.74. The van der Waals surface area contributed by atoms with Gasteiger partial charge in [-0.05, 0) is 42.8 Å². The minimum absolute atomic E-state index is 0.101. The minimum atomic E-state index is -0.749. The van der Waals surface area contributed by atoms with Gasteiger partial charge in [-0.1, -0.05) is 11.6 Å². The van der Waals surface area contributed by atoms with Gasteiger partial charge in [0, 0.05) is 16.8 Å². The van der Waals surface area contributed by atoms with Crippen LogP contribution in [0.4, 0.5) is 10.1 Å². The summed E-state index contributed by atoms with van der Waals surface area (Å²) in [6, 6.07) is 8.76. The second-order valence-electron chi connectivity index (χ2n) is 6.05. The van der Waals surface area contributed by atoms with Crippen LogP contribution in [0.3, 0.4) is 0 Å². The van der Waals surface area contributed by atoms with Crippen molar-refractivity contribution in [2.75, 3.05) is 19.0 Å². The molecule has 0 fully saturated rings. The normalized spacial score (nSPS) is 10.5. The molecule has 1 amide bonds. The lowest BCUT2D eigenvalue weighted by molar-refractivity contribution is -0.119. The van der Waals surface area contributed by atoms with Gasteiger partial charge in [-0.15, -0.1) is 0 Å². The molecule has 0 saturated carbocycles. The quantitative estimate of drug-likeness (QED) is 0.617. The van der Waals surface area contributed by atoms with E-state index in [1.54, 1.807) is 19.1 Å². The molecule has 1 aromatic heterocycles. The standard InChI is InChI=1S/C20H17ClFN3O4/c1-12-7-16(18(28-2)8-15(12)21)24-19(26)10-29-20(27)17-9-23-11-25(17)14-5-3-13(22)4-6-14/h3-9,11H,10H2,1-2H3,(H,24,26). The van der Waals surface area contributed by atoms with Crippen molar-refractivity contribution in [2.24, 2.45) is 0 Å². The Hall–Kier alpha value is -3.39. The van der Waals surface area contributed by atoms with Crippen LogP contribution in [0.1, 0.15) is 16.1 Å². The summed E-state index contributed by atoms with van der Waals surface area (Å²) in [5.41, 5.74) is 1.79. The molecule has 150 valence electrons. The van der Waals surface area contributed by atoms with Crippen LogP contribution in [0.5, 0.6) is 5.75 Å². The third kappa shape index (κ3) is 4.72. The van der Waals surface area contributed by atoms with Crippen LogP contribution in [0, 0.1) is 12.7 Å². The first-order chi connectivity index (χ1) is 13.9. The van der Waals surface area contributed by atoms with Gasteiger partial charge in [0.05, 0.1) is 25.3 Å². The summed E-state index contributed by atoms with van der Waals surface area (Å²) in [4.78, 5) is 28.5. The number of amides is 1. The zero-order valence-corrected chi connectivity index (χ0v) is 16.4. The van der Waals surface area contributed by atoms with Gasteiger partial charge >= 0.3 is 5.97 Å². The summed E-state index contributed by atoms with van der Waals surface area (Å²) in [6.45, 7) is 1.27. The highest BCUT2D eigenvalue weighted by Gasteiger charge is 2.17. The predicted molar refractivity (Wildman–Crippen MR) is 105 cm³/mol. The lowest BCUT2D eigenvalue weighted by Gasteiger charge is -2.12. The first kappa shape index (κ1) is 20.3. The molecule has 9 heteroatoms. The van der Waals surface area contributed by atoms with Crippen LogP contribution in [-0.4, -0.2) is 35.1 Å². The summed E-state index contributed by atoms with van der Waals surface area (Å²) < 4.78 is 24.8. The number of carbonyl (C=O) groups is 2. The summed E-state index contributed by atoms with van der Waals surface area (Å²) in [5.74, 6) is -1.32. The molecule has 3 rings (SSSR count). The highest BCUT2D eigenvalue weighted by atomic mass is 35.5. The van der Waals surface area contributed by atoms with Crippen molar-refractivity contribution in [3.63, 3.8) is 0 Å². The fourth-order valence-electron chi connectivity index (χ4n) is 2.57. The number of benzene rings is 2. The molecule has 0 aliphatic carbocycles. The highest BCUT2D eigenvalue weighted by Crippen LogP contribution is 2.30. The van der Waals surface area contributed by atoms with E-state index < -0.39 is 24.3 Å². The van der Waals surface area contributed by atoms with Gasteiger partial charge in [-0.3, -0.25) is 9.36 Å². The van der Waals surface area contributed by atoms with Crippen molar-refractivity contribution in [3.8, 4) is 11.4 Å². The molecule has 0 radical (unpaired) electrons. The second-order valence-corrected chi connectivity index (χ2v) is 6.46. The number of esters is 1. The van der Waals surface area contributed by atoms with E-state index in [4.69, 9.17) is 21.1 Å². The number of rotatable bonds is 6. The average Bonchev–Trinajstić information content (AvgIpc) is 3.19. The molecular formula is C20H17ClFN3O4. The van der Waals surface area contributed by atoms with E-state index in [-0.39, 0.29) is 5.69 Å². The summed E-state index contributed by atoms with van der Waals surface area (Å²) in [7, 11) is 1.45. The number of hydrogen-bond donors (Lipinski definition) is 1. The number of aryl methyl sites for hydroxylation is 1. The first-order valence-electron chi connectivity index (χ1n) is 8.48. The molecule has 2 aromatic carbocycles. The van der Waals surface area contributed by atoms with E-state index in [2.05, 4.69) is 10.3 Å². The number of methoxy groups -OCH3 is 1. The number of nitrogens with one attached hydrogen (secondary N) is 1. The van der Waals surface area contributed by atoms with Crippen molar-refractivity contribution < 1.29 is 23.5 Å². The smallest absolute Gasteiger partial charge is 0.357 e. The van der Waals surface area contributed by atoms with Gasteiger partial charge in [-0.2, -0.15) is 0 Å². The third-order valence-electron chi connectivity index (χ3n) is 4.04. The van der Waals surface area contributed by atoms with Crippen molar-refractivity contribution in [1.29, 1.82) is 0 Å². The molecule has 29 heavy (non-hydrogen) atoms. The summed E-state index contributed by atoms with van der Waals surface area (Å²) in [5, 5.41) is 3.12. The molecule has 3 aromatic rings. The SMILES string of the molecule is COc1cc(Cl)c(C)cc1NC(=O)COC(=O)c1cncn1-c1ccc(F)cc1. The van der Waals surface area contributed by atoms with Gasteiger partial charge < -0.3 is 14.8 Å². The lowest BCUT2D eigenvalue weighted by Crippen LogP contribution is -2.22. The maximum absolute atomic E-state index is 13.1. The largest absolute Gasteiger partial charge is 0.495 e. The zero-order chi connectivity index (χ0) is 21.0. The molecule has 1 heterocycles. The average molecular weight is 418 g/mol. The number of ether oxygens (including phenoxy) is 2. The molecular weight excluding hydrogens is 401 g/mol. The Labute approximate surface area is 171 Å². The molecule has 0 aliphatic rings. The molecule has 0 spiro atoms. The molecule has 0 bridgehead atoms. The lowest BCUT2D eigenvalue weighted by atomic mass is 10.2. The van der Waals surface area contributed by atoms with E-state index in [0.717, 1.165) is 5.56 Å². The Kier molecular flexibility index (Phi) is 6.13. The maximum atomic E-state index is 13.1. The first-order valence-corrected chi connectivity index (χ1v) is 8.86. The van der Waals surface area contributed by atoms with Crippen LogP contribution < -0.4 is 10.1 Å². The van der Waals surface area contributed by atoms with Crippen LogP contribution in [0.15, 0.2) is 48.9 Å². The topological polar surface area (TPSA) is 82.4 Å². The summed E-state index contributed by atoms with van der Waals surface area (Å²) >= 11 is 6.04. The molecule has 1 N–H and O–H groups in total. The molecule has 0 saturated heterocycles. The summed E-state index contributed by atoms with van der Waals surface area (Å²) in [6.07, 6.45) is 2.69. The van der Waals surface area contributed by atoms with Crippen molar-refractivity contribution in [2.45, 2.75) is 6.92 Å².